The summed E-state index contributed by atoms with van der Waals surface area (Å²) in [5.41, 5.74) is 3.72. The van der Waals surface area contributed by atoms with E-state index in [0.29, 0.717) is 11.1 Å². The molecule has 0 saturated carbocycles. The second-order valence-electron chi connectivity index (χ2n) is 5.21. The van der Waals surface area contributed by atoms with Crippen LogP contribution in [0, 0.1) is 0 Å². The number of allylic oxidation sites excluding steroid dienone is 2. The van der Waals surface area contributed by atoms with Crippen LogP contribution in [0.15, 0.2) is 30.3 Å². The number of nitrogens with one attached hydrogen (secondary N) is 1. The molecule has 0 atom stereocenters. The van der Waals surface area contributed by atoms with Crippen LogP contribution in [0.1, 0.15) is 44.9 Å². The first-order valence-electron chi connectivity index (χ1n) is 6.89. The highest BCUT2D eigenvalue weighted by atomic mass is 32.1. The summed E-state index contributed by atoms with van der Waals surface area (Å²) < 4.78 is 4.48. The van der Waals surface area contributed by atoms with Crippen LogP contribution in [-0.2, 0) is 0 Å². The predicted octanol–water partition coefficient (Wildman–Crippen LogP) is 3.26. The second-order valence-corrected chi connectivity index (χ2v) is 6.01. The van der Waals surface area contributed by atoms with Gasteiger partial charge in [0.15, 0.2) is 0 Å². The molecule has 0 fully saturated rings. The summed E-state index contributed by atoms with van der Waals surface area (Å²) >= 11 is 1.45. The van der Waals surface area contributed by atoms with E-state index in [0.717, 1.165) is 29.0 Å². The lowest BCUT2D eigenvalue weighted by molar-refractivity contribution is 0.0880. The van der Waals surface area contributed by atoms with Gasteiger partial charge >= 0.3 is 0 Å². The Bertz CT molecular complexity index is 804. The summed E-state index contributed by atoms with van der Waals surface area (Å²) in [6, 6.07) is 7.33. The highest BCUT2D eigenvalue weighted by molar-refractivity contribution is 7.07. The first-order valence-corrected chi connectivity index (χ1v) is 7.66. The fraction of sp³-hybridized carbons (Fsp3) is 0.188. The molecule has 1 aliphatic heterocycles. The average molecular weight is 296 g/mol. The van der Waals surface area contributed by atoms with Crippen LogP contribution < -0.4 is 5.32 Å². The zero-order chi connectivity index (χ0) is 14.4. The SMILES string of the molecule is O=C1NC(=O)c2c1cccc2-c1cc(C2=CCCC2)sn1. The molecular weight excluding hydrogens is 284 g/mol. The van der Waals surface area contributed by atoms with Crippen molar-refractivity contribution in [2.45, 2.75) is 19.3 Å². The number of benzene rings is 1. The van der Waals surface area contributed by atoms with Crippen LogP contribution >= 0.6 is 11.5 Å². The third-order valence-corrected chi connectivity index (χ3v) is 4.77. The quantitative estimate of drug-likeness (QED) is 0.865. The average Bonchev–Trinajstić information content (AvgIpc) is 3.20. The van der Waals surface area contributed by atoms with E-state index in [1.54, 1.807) is 12.1 Å². The number of hydrogen-bond donors (Lipinski definition) is 1. The summed E-state index contributed by atoms with van der Waals surface area (Å²) in [5.74, 6) is -0.661. The number of rotatable bonds is 2. The van der Waals surface area contributed by atoms with Crippen LogP contribution in [0.25, 0.3) is 16.8 Å². The Morgan fingerprint density at radius 1 is 1.14 bits per heavy atom. The Hall–Kier alpha value is -2.27. The first-order chi connectivity index (χ1) is 10.2. The molecule has 0 unspecified atom stereocenters. The summed E-state index contributed by atoms with van der Waals surface area (Å²) in [6.45, 7) is 0. The molecule has 1 N–H and O–H groups in total. The molecule has 0 saturated heterocycles. The monoisotopic (exact) mass is 296 g/mol. The summed E-state index contributed by atoms with van der Waals surface area (Å²) in [5, 5.41) is 2.34. The molecule has 104 valence electrons. The standard InChI is InChI=1S/C16H12N2O2S/c19-15-11-7-3-6-10(14(11)16(20)17-15)12-8-13(21-18-12)9-4-1-2-5-9/h3-4,6-8H,1-2,5H2,(H,17,19,20). The van der Waals surface area contributed by atoms with Gasteiger partial charge in [-0.1, -0.05) is 18.2 Å². The number of imide groups is 1. The summed E-state index contributed by atoms with van der Waals surface area (Å²) in [4.78, 5) is 24.8. The number of nitrogens with zero attached hydrogens (tertiary/aromatic N) is 1. The number of amides is 2. The molecular formula is C16H12N2O2S. The number of aromatic nitrogens is 1. The molecule has 1 aliphatic carbocycles. The van der Waals surface area contributed by atoms with Crippen molar-refractivity contribution in [3.8, 4) is 11.3 Å². The second kappa shape index (κ2) is 4.63. The number of fused-ring (bicyclic) bond motifs is 1. The van der Waals surface area contributed by atoms with Crippen molar-refractivity contribution in [3.05, 3.63) is 46.3 Å². The van der Waals surface area contributed by atoms with Crippen molar-refractivity contribution in [2.24, 2.45) is 0 Å². The Balaban J connectivity index is 1.82. The van der Waals surface area contributed by atoms with E-state index < -0.39 is 0 Å². The lowest BCUT2D eigenvalue weighted by Gasteiger charge is -2.01. The maximum atomic E-state index is 12.0. The third kappa shape index (κ3) is 1.93. The van der Waals surface area contributed by atoms with Crippen LogP contribution in [0.5, 0.6) is 0 Å². The van der Waals surface area contributed by atoms with Crippen molar-refractivity contribution >= 4 is 28.9 Å². The Morgan fingerprint density at radius 3 is 2.81 bits per heavy atom. The van der Waals surface area contributed by atoms with Crippen LogP contribution in [0.2, 0.25) is 0 Å². The van der Waals surface area contributed by atoms with Crippen molar-refractivity contribution in [3.63, 3.8) is 0 Å². The van der Waals surface area contributed by atoms with Gasteiger partial charge in [0.1, 0.15) is 0 Å². The van der Waals surface area contributed by atoms with E-state index in [4.69, 9.17) is 0 Å². The van der Waals surface area contributed by atoms with Crippen molar-refractivity contribution in [2.75, 3.05) is 0 Å². The number of hydrogen-bond acceptors (Lipinski definition) is 4. The molecule has 21 heavy (non-hydrogen) atoms. The van der Waals surface area contributed by atoms with Crippen molar-refractivity contribution < 1.29 is 9.59 Å². The molecule has 2 heterocycles. The van der Waals surface area contributed by atoms with Gasteiger partial charge in [0.25, 0.3) is 11.8 Å². The maximum absolute atomic E-state index is 12.0. The van der Waals surface area contributed by atoms with Crippen LogP contribution in [0.4, 0.5) is 0 Å². The Labute approximate surface area is 125 Å². The van der Waals surface area contributed by atoms with Crippen molar-refractivity contribution in [1.82, 2.24) is 9.69 Å². The third-order valence-electron chi connectivity index (χ3n) is 3.91. The molecule has 4 nitrogen and oxygen atoms in total. The predicted molar refractivity (Wildman–Crippen MR) is 81.2 cm³/mol. The molecule has 2 amide bonds. The molecule has 4 rings (SSSR count). The van der Waals surface area contributed by atoms with Gasteiger partial charge in [0, 0.05) is 5.56 Å². The molecule has 0 bridgehead atoms. The molecule has 0 radical (unpaired) electrons. The molecule has 5 heteroatoms. The summed E-state index contributed by atoms with van der Waals surface area (Å²) in [6.07, 6.45) is 5.66. The zero-order valence-electron chi connectivity index (χ0n) is 11.2. The van der Waals surface area contributed by atoms with Gasteiger partial charge in [0.05, 0.1) is 21.7 Å². The minimum atomic E-state index is -0.333. The van der Waals surface area contributed by atoms with E-state index in [1.807, 2.05) is 12.1 Å². The first kappa shape index (κ1) is 12.5. The van der Waals surface area contributed by atoms with Gasteiger partial charge in [0.2, 0.25) is 0 Å². The van der Waals surface area contributed by atoms with Crippen LogP contribution in [-0.4, -0.2) is 16.2 Å². The lowest BCUT2D eigenvalue weighted by Crippen LogP contribution is -2.20. The molecule has 0 spiro atoms. The van der Waals surface area contributed by atoms with Gasteiger partial charge in [-0.05, 0) is 48.5 Å². The minimum Gasteiger partial charge on any atom is -0.288 e. The molecule has 1 aromatic heterocycles. The summed E-state index contributed by atoms with van der Waals surface area (Å²) in [7, 11) is 0. The smallest absolute Gasteiger partial charge is 0.259 e. The highest BCUT2D eigenvalue weighted by Crippen LogP contribution is 2.35. The van der Waals surface area contributed by atoms with Gasteiger partial charge < -0.3 is 0 Å². The van der Waals surface area contributed by atoms with Gasteiger partial charge in [-0.25, -0.2) is 0 Å². The fourth-order valence-electron chi connectivity index (χ4n) is 2.88. The van der Waals surface area contributed by atoms with E-state index in [2.05, 4.69) is 15.8 Å². The fourth-order valence-corrected chi connectivity index (χ4v) is 3.70. The Morgan fingerprint density at radius 2 is 2.00 bits per heavy atom. The van der Waals surface area contributed by atoms with E-state index in [1.165, 1.54) is 23.5 Å². The highest BCUT2D eigenvalue weighted by Gasteiger charge is 2.30. The van der Waals surface area contributed by atoms with Crippen molar-refractivity contribution in [1.29, 1.82) is 0 Å². The molecule has 2 aliphatic rings. The lowest BCUT2D eigenvalue weighted by atomic mass is 10.00. The normalized spacial score (nSPS) is 16.9. The van der Waals surface area contributed by atoms with Crippen LogP contribution in [0.3, 0.4) is 0 Å². The van der Waals surface area contributed by atoms with E-state index in [9.17, 15) is 9.59 Å². The van der Waals surface area contributed by atoms with E-state index >= 15 is 0 Å². The minimum absolute atomic E-state index is 0.328. The number of carbonyl (C=O) groups excluding carboxylic acids is 2. The molecule has 2 aromatic rings. The number of carbonyl (C=O) groups is 2. The largest absolute Gasteiger partial charge is 0.288 e. The van der Waals surface area contributed by atoms with Gasteiger partial charge in [-0.15, -0.1) is 0 Å². The van der Waals surface area contributed by atoms with Gasteiger partial charge in [-0.2, -0.15) is 4.37 Å². The topological polar surface area (TPSA) is 59.1 Å². The molecule has 1 aromatic carbocycles. The Kier molecular flexibility index (Phi) is 2.75. The zero-order valence-corrected chi connectivity index (χ0v) is 12.0. The van der Waals surface area contributed by atoms with Gasteiger partial charge in [-0.3, -0.25) is 14.9 Å². The van der Waals surface area contributed by atoms with E-state index in [-0.39, 0.29) is 11.8 Å². The maximum Gasteiger partial charge on any atom is 0.259 e.